The van der Waals surface area contributed by atoms with E-state index in [1.807, 2.05) is 92.5 Å². The lowest BCUT2D eigenvalue weighted by molar-refractivity contribution is -0.131. The minimum Gasteiger partial charge on any atom is -0.337 e. The van der Waals surface area contributed by atoms with E-state index in [0.717, 1.165) is 16.8 Å². The average molecular weight is 450 g/mol. The highest BCUT2D eigenvalue weighted by Gasteiger charge is 2.23. The Hall–Kier alpha value is -3.13. The number of hydrogen-bond donors (Lipinski definition) is 0. The van der Waals surface area contributed by atoms with E-state index in [9.17, 15) is 9.59 Å². The van der Waals surface area contributed by atoms with Crippen molar-refractivity contribution >= 4 is 34.3 Å². The van der Waals surface area contributed by atoms with Gasteiger partial charge in [-0.25, -0.2) is 4.57 Å². The minimum atomic E-state index is -0.145. The predicted molar refractivity (Wildman–Crippen MR) is 129 cm³/mol. The van der Waals surface area contributed by atoms with Crippen molar-refractivity contribution in [1.82, 2.24) is 24.1 Å². The van der Waals surface area contributed by atoms with Gasteiger partial charge in [0.05, 0.1) is 22.3 Å². The molecule has 0 N–H and O–H groups in total. The van der Waals surface area contributed by atoms with Gasteiger partial charge in [0.2, 0.25) is 11.7 Å². The van der Waals surface area contributed by atoms with Crippen LogP contribution in [-0.4, -0.2) is 47.8 Å². The Morgan fingerprint density at radius 3 is 2.34 bits per heavy atom. The Kier molecular flexibility index (Phi) is 6.06. The van der Waals surface area contributed by atoms with Crippen LogP contribution in [-0.2, 0) is 4.79 Å². The normalized spacial score (nSPS) is 11.7. The Balaban J connectivity index is 1.86. The first kappa shape index (κ1) is 22.1. The van der Waals surface area contributed by atoms with E-state index in [2.05, 4.69) is 10.2 Å². The van der Waals surface area contributed by atoms with Crippen LogP contribution in [0.5, 0.6) is 0 Å². The van der Waals surface area contributed by atoms with Crippen molar-refractivity contribution in [3.05, 3.63) is 64.4 Å². The number of carbonyl (C=O) groups excluding carboxylic acids is 1. The number of hydrogen-bond acceptors (Lipinski definition) is 5. The SMILES string of the molecule is Cc1ccccc1-n1c(=O)c2ccccc2n2c(SCC(=O)N(C(C)C)C(C)C)nnc12. The molecule has 2 heterocycles. The minimum absolute atomic E-state index is 0.0493. The highest BCUT2D eigenvalue weighted by molar-refractivity contribution is 7.99. The van der Waals surface area contributed by atoms with Gasteiger partial charge in [-0.2, -0.15) is 0 Å². The quantitative estimate of drug-likeness (QED) is 0.415. The second-order valence-corrected chi connectivity index (χ2v) is 9.28. The van der Waals surface area contributed by atoms with Crippen LogP contribution in [0.4, 0.5) is 0 Å². The van der Waals surface area contributed by atoms with Gasteiger partial charge in [-0.1, -0.05) is 42.1 Å². The lowest BCUT2D eigenvalue weighted by atomic mass is 10.2. The van der Waals surface area contributed by atoms with Gasteiger partial charge >= 0.3 is 0 Å². The maximum absolute atomic E-state index is 13.4. The van der Waals surface area contributed by atoms with Gasteiger partial charge in [0.15, 0.2) is 5.16 Å². The molecule has 1 amide bonds. The fraction of sp³-hybridized carbons (Fsp3) is 0.333. The van der Waals surface area contributed by atoms with Gasteiger partial charge in [-0.05, 0) is 58.4 Å². The molecule has 2 aromatic carbocycles. The van der Waals surface area contributed by atoms with Gasteiger partial charge in [0, 0.05) is 12.1 Å². The third-order valence-corrected chi connectivity index (χ3v) is 6.39. The van der Waals surface area contributed by atoms with Crippen LogP contribution < -0.4 is 5.56 Å². The number of amides is 1. The van der Waals surface area contributed by atoms with Gasteiger partial charge in [-0.3, -0.25) is 14.0 Å². The van der Waals surface area contributed by atoms with Gasteiger partial charge in [0.25, 0.3) is 5.56 Å². The Labute approximate surface area is 191 Å². The molecule has 0 bridgehead atoms. The van der Waals surface area contributed by atoms with Crippen LogP contribution >= 0.6 is 11.8 Å². The van der Waals surface area contributed by atoms with Crippen molar-refractivity contribution in [3.63, 3.8) is 0 Å². The third-order valence-electron chi connectivity index (χ3n) is 5.48. The van der Waals surface area contributed by atoms with Crippen LogP contribution in [0.3, 0.4) is 0 Å². The van der Waals surface area contributed by atoms with Gasteiger partial charge in [-0.15, -0.1) is 10.2 Å². The molecular formula is C24H27N5O2S. The Morgan fingerprint density at radius 1 is 1.00 bits per heavy atom. The number of aromatic nitrogens is 4. The molecule has 0 unspecified atom stereocenters. The summed E-state index contributed by atoms with van der Waals surface area (Å²) in [6.45, 7) is 10.0. The molecule has 2 aromatic heterocycles. The third kappa shape index (κ3) is 3.79. The molecule has 4 aromatic rings. The molecule has 8 heteroatoms. The maximum atomic E-state index is 13.4. The lowest BCUT2D eigenvalue weighted by Gasteiger charge is -2.30. The fourth-order valence-corrected chi connectivity index (χ4v) is 4.99. The van der Waals surface area contributed by atoms with E-state index in [1.165, 1.54) is 11.8 Å². The molecule has 32 heavy (non-hydrogen) atoms. The van der Waals surface area contributed by atoms with Crippen molar-refractivity contribution < 1.29 is 4.79 Å². The number of nitrogens with zero attached hydrogens (tertiary/aromatic N) is 5. The topological polar surface area (TPSA) is 72.5 Å². The Morgan fingerprint density at radius 2 is 1.66 bits per heavy atom. The van der Waals surface area contributed by atoms with Crippen molar-refractivity contribution in [3.8, 4) is 5.69 Å². The van der Waals surface area contributed by atoms with Crippen molar-refractivity contribution in [2.45, 2.75) is 51.9 Å². The van der Waals surface area contributed by atoms with E-state index in [4.69, 9.17) is 0 Å². The molecule has 0 atom stereocenters. The molecule has 0 saturated heterocycles. The maximum Gasteiger partial charge on any atom is 0.267 e. The smallest absolute Gasteiger partial charge is 0.267 e. The van der Waals surface area contributed by atoms with E-state index >= 15 is 0 Å². The molecule has 0 aliphatic carbocycles. The lowest BCUT2D eigenvalue weighted by Crippen LogP contribution is -2.43. The van der Waals surface area contributed by atoms with E-state index in [-0.39, 0.29) is 29.3 Å². The summed E-state index contributed by atoms with van der Waals surface area (Å²) in [4.78, 5) is 28.2. The zero-order valence-electron chi connectivity index (χ0n) is 18.9. The number of para-hydroxylation sites is 2. The number of fused-ring (bicyclic) bond motifs is 3. The van der Waals surface area contributed by atoms with E-state index < -0.39 is 0 Å². The summed E-state index contributed by atoms with van der Waals surface area (Å²) >= 11 is 1.34. The summed E-state index contributed by atoms with van der Waals surface area (Å²) in [7, 11) is 0. The molecule has 0 radical (unpaired) electrons. The number of thioether (sulfide) groups is 1. The summed E-state index contributed by atoms with van der Waals surface area (Å²) in [6.07, 6.45) is 0. The average Bonchev–Trinajstić information content (AvgIpc) is 3.17. The van der Waals surface area contributed by atoms with E-state index in [0.29, 0.717) is 16.3 Å². The monoisotopic (exact) mass is 449 g/mol. The predicted octanol–water partition coefficient (Wildman–Crippen LogP) is 4.08. The van der Waals surface area contributed by atoms with Crippen LogP contribution in [0, 0.1) is 6.92 Å². The molecule has 166 valence electrons. The first-order valence-electron chi connectivity index (χ1n) is 10.7. The number of carbonyl (C=O) groups is 1. The zero-order chi connectivity index (χ0) is 23.0. The number of rotatable bonds is 6. The summed E-state index contributed by atoms with van der Waals surface area (Å²) in [6, 6.07) is 15.4. The standard InChI is InChI=1S/C24H27N5O2S/c1-15(2)27(16(3)4)21(30)14-32-24-26-25-23-28(19-12-8-6-10-17(19)5)22(31)18-11-7-9-13-20(18)29(23)24/h6-13,15-16H,14H2,1-5H3. The van der Waals surface area contributed by atoms with E-state index in [1.54, 1.807) is 4.57 Å². The molecule has 7 nitrogen and oxygen atoms in total. The molecule has 0 aliphatic rings. The highest BCUT2D eigenvalue weighted by atomic mass is 32.2. The second-order valence-electron chi connectivity index (χ2n) is 8.34. The second kappa shape index (κ2) is 8.78. The molecular weight excluding hydrogens is 422 g/mol. The van der Waals surface area contributed by atoms with Gasteiger partial charge < -0.3 is 4.90 Å². The first-order chi connectivity index (χ1) is 15.3. The largest absolute Gasteiger partial charge is 0.337 e. The highest BCUT2D eigenvalue weighted by Crippen LogP contribution is 2.24. The molecule has 4 rings (SSSR count). The first-order valence-corrected chi connectivity index (χ1v) is 11.7. The molecule has 0 fully saturated rings. The van der Waals surface area contributed by atoms with Gasteiger partial charge in [0.1, 0.15) is 0 Å². The van der Waals surface area contributed by atoms with Crippen molar-refractivity contribution in [2.24, 2.45) is 0 Å². The summed E-state index contributed by atoms with van der Waals surface area (Å²) in [5.41, 5.74) is 2.30. The van der Waals surface area contributed by atoms with Crippen LogP contribution in [0.1, 0.15) is 33.3 Å². The van der Waals surface area contributed by atoms with Crippen LogP contribution in [0.15, 0.2) is 58.5 Å². The van der Waals surface area contributed by atoms with Crippen molar-refractivity contribution in [2.75, 3.05) is 5.75 Å². The summed E-state index contributed by atoms with van der Waals surface area (Å²) in [5, 5.41) is 9.89. The zero-order valence-corrected chi connectivity index (χ0v) is 19.8. The van der Waals surface area contributed by atoms with Crippen LogP contribution in [0.2, 0.25) is 0 Å². The number of benzene rings is 2. The number of aryl methyl sites for hydroxylation is 1. The summed E-state index contributed by atoms with van der Waals surface area (Å²) in [5.74, 6) is 0.727. The molecule has 0 spiro atoms. The molecule has 0 saturated carbocycles. The van der Waals surface area contributed by atoms with Crippen molar-refractivity contribution in [1.29, 1.82) is 0 Å². The molecule has 0 aliphatic heterocycles. The Bertz CT molecular complexity index is 1350. The summed E-state index contributed by atoms with van der Waals surface area (Å²) < 4.78 is 3.47. The van der Waals surface area contributed by atoms with Crippen LogP contribution in [0.25, 0.3) is 22.4 Å². The fourth-order valence-electron chi connectivity index (χ4n) is 4.18.